The van der Waals surface area contributed by atoms with Crippen molar-refractivity contribution in [2.24, 2.45) is 0 Å². The van der Waals surface area contributed by atoms with E-state index in [1.807, 2.05) is 42.3 Å². The van der Waals surface area contributed by atoms with Gasteiger partial charge in [0, 0.05) is 29.2 Å². The van der Waals surface area contributed by atoms with Crippen LogP contribution in [0.1, 0.15) is 23.2 Å². The van der Waals surface area contributed by atoms with Gasteiger partial charge in [0.2, 0.25) is 0 Å². The number of carbonyl (C=O) groups excluding carboxylic acids is 1. The van der Waals surface area contributed by atoms with Crippen LogP contribution in [0.3, 0.4) is 0 Å². The highest BCUT2D eigenvalue weighted by atomic mass is 79.9. The van der Waals surface area contributed by atoms with Crippen molar-refractivity contribution < 1.29 is 4.79 Å². The minimum absolute atomic E-state index is 0.151. The Bertz CT molecular complexity index is 671. The quantitative estimate of drug-likeness (QED) is 0.923. The summed E-state index contributed by atoms with van der Waals surface area (Å²) in [5.41, 5.74) is 0.785. The van der Waals surface area contributed by atoms with Crippen LogP contribution in [0.25, 0.3) is 10.8 Å². The van der Waals surface area contributed by atoms with E-state index in [1.165, 1.54) is 0 Å². The van der Waals surface area contributed by atoms with Crippen molar-refractivity contribution in [2.45, 2.75) is 18.9 Å². The minimum atomic E-state index is 0.151. The number of rotatable bonds is 3. The molecule has 0 radical (unpaired) electrons. The first-order valence-electron chi connectivity index (χ1n) is 7.34. The SMILES string of the molecule is CNCC1CCCN1C(=O)c1ccc2cc(Br)ccc2c1. The number of hydrogen-bond donors (Lipinski definition) is 1. The number of nitrogens with zero attached hydrogens (tertiary/aromatic N) is 1. The number of nitrogens with one attached hydrogen (secondary N) is 1. The largest absolute Gasteiger partial charge is 0.334 e. The second kappa shape index (κ2) is 6.16. The van der Waals surface area contributed by atoms with Gasteiger partial charge in [0.25, 0.3) is 5.91 Å². The van der Waals surface area contributed by atoms with Crippen LogP contribution < -0.4 is 5.32 Å². The number of amides is 1. The molecule has 3 rings (SSSR count). The minimum Gasteiger partial charge on any atom is -0.334 e. The molecule has 110 valence electrons. The molecule has 0 aromatic heterocycles. The molecule has 0 spiro atoms. The van der Waals surface area contributed by atoms with E-state index in [9.17, 15) is 4.79 Å². The van der Waals surface area contributed by atoms with E-state index in [0.29, 0.717) is 6.04 Å². The maximum Gasteiger partial charge on any atom is 0.254 e. The van der Waals surface area contributed by atoms with Crippen molar-refractivity contribution in [1.82, 2.24) is 10.2 Å². The molecule has 2 aromatic carbocycles. The van der Waals surface area contributed by atoms with E-state index in [4.69, 9.17) is 0 Å². The number of likely N-dealkylation sites (tertiary alicyclic amines) is 1. The molecule has 0 bridgehead atoms. The molecular formula is C17H19BrN2O. The second-order valence-electron chi connectivity index (χ2n) is 5.56. The molecule has 1 N–H and O–H groups in total. The Morgan fingerprint density at radius 2 is 2.05 bits per heavy atom. The molecule has 2 aromatic rings. The molecule has 1 atom stereocenters. The molecule has 21 heavy (non-hydrogen) atoms. The monoisotopic (exact) mass is 346 g/mol. The molecule has 1 unspecified atom stereocenters. The fourth-order valence-electron chi connectivity index (χ4n) is 3.07. The van der Waals surface area contributed by atoms with Gasteiger partial charge in [-0.05, 0) is 54.9 Å². The van der Waals surface area contributed by atoms with Crippen LogP contribution >= 0.6 is 15.9 Å². The van der Waals surface area contributed by atoms with Crippen molar-refractivity contribution in [3.63, 3.8) is 0 Å². The van der Waals surface area contributed by atoms with Gasteiger partial charge < -0.3 is 10.2 Å². The Balaban J connectivity index is 1.89. The van der Waals surface area contributed by atoms with Crippen molar-refractivity contribution in [1.29, 1.82) is 0 Å². The molecule has 1 saturated heterocycles. The third-order valence-corrected chi connectivity index (χ3v) is 4.62. The Labute approximate surface area is 133 Å². The predicted molar refractivity (Wildman–Crippen MR) is 89.6 cm³/mol. The van der Waals surface area contributed by atoms with E-state index in [2.05, 4.69) is 27.3 Å². The summed E-state index contributed by atoms with van der Waals surface area (Å²) in [5.74, 6) is 0.151. The lowest BCUT2D eigenvalue weighted by Crippen LogP contribution is -2.40. The number of likely N-dealkylation sites (N-methyl/N-ethyl adjacent to an activating group) is 1. The summed E-state index contributed by atoms with van der Waals surface area (Å²) in [6.07, 6.45) is 2.19. The van der Waals surface area contributed by atoms with Crippen molar-refractivity contribution in [2.75, 3.05) is 20.1 Å². The van der Waals surface area contributed by atoms with Gasteiger partial charge in [-0.2, -0.15) is 0 Å². The Hall–Kier alpha value is -1.39. The molecule has 1 heterocycles. The lowest BCUT2D eigenvalue weighted by Gasteiger charge is -2.24. The highest BCUT2D eigenvalue weighted by Crippen LogP contribution is 2.24. The lowest BCUT2D eigenvalue weighted by molar-refractivity contribution is 0.0737. The number of benzene rings is 2. The first-order valence-corrected chi connectivity index (χ1v) is 8.13. The zero-order valence-corrected chi connectivity index (χ0v) is 13.7. The summed E-state index contributed by atoms with van der Waals surface area (Å²) in [7, 11) is 1.94. The van der Waals surface area contributed by atoms with Crippen LogP contribution in [0.2, 0.25) is 0 Å². The van der Waals surface area contributed by atoms with Gasteiger partial charge in [-0.15, -0.1) is 0 Å². The smallest absolute Gasteiger partial charge is 0.254 e. The Kier molecular flexibility index (Phi) is 4.27. The summed E-state index contributed by atoms with van der Waals surface area (Å²) in [5, 5.41) is 5.44. The highest BCUT2D eigenvalue weighted by Gasteiger charge is 2.28. The van der Waals surface area contributed by atoms with E-state index in [1.54, 1.807) is 0 Å². The Morgan fingerprint density at radius 1 is 1.29 bits per heavy atom. The standard InChI is InChI=1S/C17H19BrN2O/c1-19-11-16-3-2-8-20(16)17(21)14-5-4-13-10-15(18)7-6-12(13)9-14/h4-7,9-10,16,19H,2-3,8,11H2,1H3. The van der Waals surface area contributed by atoms with Crippen LogP contribution in [-0.4, -0.2) is 37.0 Å². The van der Waals surface area contributed by atoms with Crippen molar-refractivity contribution >= 4 is 32.6 Å². The van der Waals surface area contributed by atoms with Crippen LogP contribution in [0.4, 0.5) is 0 Å². The topological polar surface area (TPSA) is 32.3 Å². The predicted octanol–water partition coefficient (Wildman–Crippen LogP) is 3.43. The molecular weight excluding hydrogens is 328 g/mol. The number of hydrogen-bond acceptors (Lipinski definition) is 2. The van der Waals surface area contributed by atoms with Gasteiger partial charge in [0.1, 0.15) is 0 Å². The van der Waals surface area contributed by atoms with Crippen molar-refractivity contribution in [3.8, 4) is 0 Å². The molecule has 1 aliphatic heterocycles. The van der Waals surface area contributed by atoms with Crippen LogP contribution in [0.15, 0.2) is 40.9 Å². The van der Waals surface area contributed by atoms with E-state index < -0.39 is 0 Å². The van der Waals surface area contributed by atoms with Gasteiger partial charge in [-0.1, -0.05) is 28.1 Å². The van der Waals surface area contributed by atoms with Crippen LogP contribution in [0, 0.1) is 0 Å². The first kappa shape index (κ1) is 14.5. The zero-order valence-electron chi connectivity index (χ0n) is 12.1. The molecule has 3 nitrogen and oxygen atoms in total. The maximum absolute atomic E-state index is 12.7. The normalized spacial score (nSPS) is 18.4. The van der Waals surface area contributed by atoms with E-state index >= 15 is 0 Å². The van der Waals surface area contributed by atoms with Gasteiger partial charge >= 0.3 is 0 Å². The summed E-state index contributed by atoms with van der Waals surface area (Å²) in [6.45, 7) is 1.73. The second-order valence-corrected chi connectivity index (χ2v) is 6.47. The van der Waals surface area contributed by atoms with E-state index in [0.717, 1.165) is 46.7 Å². The summed E-state index contributed by atoms with van der Waals surface area (Å²) < 4.78 is 1.06. The Morgan fingerprint density at radius 3 is 2.86 bits per heavy atom. The average molecular weight is 347 g/mol. The lowest BCUT2D eigenvalue weighted by atomic mass is 10.1. The number of carbonyl (C=O) groups is 1. The van der Waals surface area contributed by atoms with Gasteiger partial charge in [-0.25, -0.2) is 0 Å². The average Bonchev–Trinajstić information content (AvgIpc) is 2.94. The fourth-order valence-corrected chi connectivity index (χ4v) is 3.45. The molecule has 4 heteroatoms. The molecule has 0 saturated carbocycles. The molecule has 0 aliphatic carbocycles. The third-order valence-electron chi connectivity index (χ3n) is 4.13. The molecule has 1 fully saturated rings. The van der Waals surface area contributed by atoms with Gasteiger partial charge in [0.05, 0.1) is 0 Å². The zero-order chi connectivity index (χ0) is 14.8. The number of fused-ring (bicyclic) bond motifs is 1. The van der Waals surface area contributed by atoms with Crippen molar-refractivity contribution in [3.05, 3.63) is 46.4 Å². The van der Waals surface area contributed by atoms with Crippen LogP contribution in [-0.2, 0) is 0 Å². The van der Waals surface area contributed by atoms with Crippen LogP contribution in [0.5, 0.6) is 0 Å². The van der Waals surface area contributed by atoms with Gasteiger partial charge in [-0.3, -0.25) is 4.79 Å². The fraction of sp³-hybridized carbons (Fsp3) is 0.353. The summed E-state index contributed by atoms with van der Waals surface area (Å²) >= 11 is 3.48. The number of halogens is 1. The summed E-state index contributed by atoms with van der Waals surface area (Å²) in [4.78, 5) is 14.7. The third kappa shape index (κ3) is 2.97. The van der Waals surface area contributed by atoms with E-state index in [-0.39, 0.29) is 5.91 Å². The maximum atomic E-state index is 12.7. The molecule has 1 aliphatic rings. The highest BCUT2D eigenvalue weighted by molar-refractivity contribution is 9.10. The van der Waals surface area contributed by atoms with Gasteiger partial charge in [0.15, 0.2) is 0 Å². The molecule has 1 amide bonds. The first-order chi connectivity index (χ1) is 10.2. The summed E-state index contributed by atoms with van der Waals surface area (Å²) in [6, 6.07) is 12.4.